The Morgan fingerprint density at radius 3 is 2.53 bits per heavy atom. The van der Waals surface area contributed by atoms with Gasteiger partial charge in [0.2, 0.25) is 11.8 Å². The first kappa shape index (κ1) is 24.1. The van der Waals surface area contributed by atoms with E-state index in [2.05, 4.69) is 34.8 Å². The van der Waals surface area contributed by atoms with E-state index in [1.807, 2.05) is 24.3 Å². The highest BCUT2D eigenvalue weighted by atomic mass is 35.5. The van der Waals surface area contributed by atoms with Crippen molar-refractivity contribution in [2.24, 2.45) is 0 Å². The van der Waals surface area contributed by atoms with Gasteiger partial charge < -0.3 is 19.9 Å². The van der Waals surface area contributed by atoms with Crippen LogP contribution in [-0.4, -0.2) is 84.8 Å². The van der Waals surface area contributed by atoms with E-state index in [-0.39, 0.29) is 16.7 Å². The Kier molecular flexibility index (Phi) is 6.26. The molecule has 2 N–H and O–H groups in total. The van der Waals surface area contributed by atoms with E-state index in [1.54, 1.807) is 29.2 Å². The topological polar surface area (TPSA) is 133 Å². The molecule has 0 unspecified atom stereocenters. The van der Waals surface area contributed by atoms with Crippen LogP contribution in [0.2, 0.25) is 5.02 Å². The average molecular weight is 533 g/mol. The minimum absolute atomic E-state index is 0.125. The number of hydrogen-bond donors (Lipinski definition) is 1. The van der Waals surface area contributed by atoms with Crippen LogP contribution < -0.4 is 10.6 Å². The predicted octanol–water partition coefficient (Wildman–Crippen LogP) is 2.38. The summed E-state index contributed by atoms with van der Waals surface area (Å²) < 4.78 is 8.26. The van der Waals surface area contributed by atoms with Crippen molar-refractivity contribution in [3.8, 4) is 11.5 Å². The van der Waals surface area contributed by atoms with Crippen LogP contribution in [0.5, 0.6) is 0 Å². The van der Waals surface area contributed by atoms with Gasteiger partial charge in [0.05, 0.1) is 17.5 Å². The van der Waals surface area contributed by atoms with Gasteiger partial charge in [0.15, 0.2) is 5.65 Å². The maximum Gasteiger partial charge on any atom is 0.356 e. The Bertz CT molecular complexity index is 1610. The molecule has 1 aliphatic heterocycles. The third-order valence-electron chi connectivity index (χ3n) is 6.76. The van der Waals surface area contributed by atoms with Gasteiger partial charge in [-0.1, -0.05) is 17.7 Å². The van der Waals surface area contributed by atoms with Crippen LogP contribution in [-0.2, 0) is 11.3 Å². The van der Waals surface area contributed by atoms with Crippen molar-refractivity contribution in [1.29, 1.82) is 0 Å². The standard InChI is InChI=1S/C25H25ClN10O2/c1-38-24(37)20-19(26)18-22(31-25(27)36-23(18)30-21(32-36)17-4-2-3-7-29-17)35(20)15-12-33-10-13-34(14-11-33)16-5-8-28-9-6-16/h2-9H,10-15H2,1H3,(H2,27,31). The van der Waals surface area contributed by atoms with E-state index < -0.39 is 5.97 Å². The second kappa shape index (κ2) is 9.88. The molecule has 0 aliphatic carbocycles. The average Bonchev–Trinajstić information content (AvgIpc) is 3.52. The van der Waals surface area contributed by atoms with Crippen molar-refractivity contribution in [1.82, 2.24) is 39.0 Å². The molecule has 1 saturated heterocycles. The highest BCUT2D eigenvalue weighted by Gasteiger charge is 2.28. The highest BCUT2D eigenvalue weighted by Crippen LogP contribution is 2.34. The number of fused-ring (bicyclic) bond motifs is 3. The number of esters is 1. The quantitative estimate of drug-likeness (QED) is 0.325. The van der Waals surface area contributed by atoms with Crippen molar-refractivity contribution < 1.29 is 9.53 Å². The zero-order chi connectivity index (χ0) is 26.2. The Hall–Kier alpha value is -4.29. The van der Waals surface area contributed by atoms with Crippen LogP contribution in [0.15, 0.2) is 48.9 Å². The largest absolute Gasteiger partial charge is 0.464 e. The van der Waals surface area contributed by atoms with Gasteiger partial charge in [-0.3, -0.25) is 14.9 Å². The molecule has 1 fully saturated rings. The minimum Gasteiger partial charge on any atom is -0.464 e. The lowest BCUT2D eigenvalue weighted by atomic mass is 10.2. The second-order valence-electron chi connectivity index (χ2n) is 8.89. The number of nitrogen functional groups attached to an aromatic ring is 1. The normalized spacial score (nSPS) is 14.4. The van der Waals surface area contributed by atoms with Crippen molar-refractivity contribution in [2.75, 3.05) is 50.5 Å². The maximum atomic E-state index is 12.9. The number of hydrogen-bond acceptors (Lipinski definition) is 10. The van der Waals surface area contributed by atoms with E-state index >= 15 is 0 Å². The summed E-state index contributed by atoms with van der Waals surface area (Å²) in [6.45, 7) is 4.69. The van der Waals surface area contributed by atoms with Crippen LogP contribution in [0.3, 0.4) is 0 Å². The monoisotopic (exact) mass is 532 g/mol. The minimum atomic E-state index is -0.559. The third-order valence-corrected chi connectivity index (χ3v) is 7.13. The summed E-state index contributed by atoms with van der Waals surface area (Å²) in [4.78, 5) is 35.2. The third kappa shape index (κ3) is 4.17. The van der Waals surface area contributed by atoms with Gasteiger partial charge in [-0.15, -0.1) is 5.10 Å². The lowest BCUT2D eigenvalue weighted by molar-refractivity contribution is 0.0588. The van der Waals surface area contributed by atoms with Gasteiger partial charge in [0.25, 0.3) is 0 Å². The first-order chi connectivity index (χ1) is 18.5. The van der Waals surface area contributed by atoms with E-state index in [1.165, 1.54) is 11.6 Å². The van der Waals surface area contributed by atoms with E-state index in [9.17, 15) is 4.79 Å². The molecule has 12 nitrogen and oxygen atoms in total. The van der Waals surface area contributed by atoms with Crippen molar-refractivity contribution >= 4 is 45.9 Å². The zero-order valence-corrected chi connectivity index (χ0v) is 21.4. The number of methoxy groups -OCH3 is 1. The molecule has 194 valence electrons. The molecule has 5 aromatic rings. The lowest BCUT2D eigenvalue weighted by Gasteiger charge is -2.36. The SMILES string of the molecule is COC(=O)c1c(Cl)c2c(nc(N)n3nc(-c4ccccn4)nc23)n1CCN1CCN(c2ccncc2)CC1. The summed E-state index contributed by atoms with van der Waals surface area (Å²) in [6, 6.07) is 9.50. The van der Waals surface area contributed by atoms with Crippen molar-refractivity contribution in [3.05, 3.63) is 59.6 Å². The number of aromatic nitrogens is 7. The number of ether oxygens (including phenoxy) is 1. The first-order valence-electron chi connectivity index (χ1n) is 12.2. The molecular weight excluding hydrogens is 508 g/mol. The molecule has 1 aliphatic rings. The molecule has 0 atom stereocenters. The summed E-state index contributed by atoms with van der Waals surface area (Å²) in [6.07, 6.45) is 5.27. The number of piperazine rings is 1. The van der Waals surface area contributed by atoms with E-state index in [4.69, 9.17) is 22.1 Å². The van der Waals surface area contributed by atoms with Crippen LogP contribution >= 0.6 is 11.6 Å². The first-order valence-corrected chi connectivity index (χ1v) is 12.5. The van der Waals surface area contributed by atoms with Crippen LogP contribution in [0.4, 0.5) is 11.6 Å². The van der Waals surface area contributed by atoms with Gasteiger partial charge in [0, 0.05) is 63.5 Å². The summed E-state index contributed by atoms with van der Waals surface area (Å²) in [5.41, 5.74) is 9.10. The summed E-state index contributed by atoms with van der Waals surface area (Å²) in [7, 11) is 1.33. The fourth-order valence-electron chi connectivity index (χ4n) is 4.82. The number of carbonyl (C=O) groups is 1. The van der Waals surface area contributed by atoms with Crippen LogP contribution in [0.25, 0.3) is 28.2 Å². The second-order valence-corrected chi connectivity index (χ2v) is 9.27. The van der Waals surface area contributed by atoms with E-state index in [0.29, 0.717) is 41.3 Å². The van der Waals surface area contributed by atoms with E-state index in [0.717, 1.165) is 31.9 Å². The summed E-state index contributed by atoms with van der Waals surface area (Å²) in [5, 5.41) is 5.17. The molecule has 0 aromatic carbocycles. The Balaban J connectivity index is 1.33. The van der Waals surface area contributed by atoms with Gasteiger partial charge in [-0.25, -0.2) is 9.78 Å². The molecule has 6 heterocycles. The molecule has 6 rings (SSSR count). The number of halogens is 1. The number of nitrogens with two attached hydrogens (primary N) is 1. The van der Waals surface area contributed by atoms with Crippen molar-refractivity contribution in [2.45, 2.75) is 6.54 Å². The molecule has 0 bridgehead atoms. The van der Waals surface area contributed by atoms with Crippen LogP contribution in [0.1, 0.15) is 10.5 Å². The lowest BCUT2D eigenvalue weighted by Crippen LogP contribution is -2.47. The molecule has 0 spiro atoms. The zero-order valence-electron chi connectivity index (χ0n) is 20.7. The van der Waals surface area contributed by atoms with Gasteiger partial charge in [-0.05, 0) is 24.3 Å². The van der Waals surface area contributed by atoms with Gasteiger partial charge in [0.1, 0.15) is 17.0 Å². The molecule has 0 radical (unpaired) electrons. The Morgan fingerprint density at radius 1 is 1.03 bits per heavy atom. The highest BCUT2D eigenvalue weighted by molar-refractivity contribution is 6.39. The predicted molar refractivity (Wildman–Crippen MR) is 143 cm³/mol. The number of rotatable bonds is 6. The summed E-state index contributed by atoms with van der Waals surface area (Å²) >= 11 is 6.81. The number of carbonyl (C=O) groups excluding carboxylic acids is 1. The number of nitrogens with zero attached hydrogens (tertiary/aromatic N) is 9. The smallest absolute Gasteiger partial charge is 0.356 e. The molecule has 5 aromatic heterocycles. The maximum absolute atomic E-state index is 12.9. The molecule has 38 heavy (non-hydrogen) atoms. The molecular formula is C25H25ClN10O2. The fraction of sp³-hybridized carbons (Fsp3) is 0.280. The summed E-state index contributed by atoms with van der Waals surface area (Å²) in [5.74, 6) is -0.0567. The number of pyridine rings is 2. The Labute approximate surface area is 222 Å². The molecule has 13 heteroatoms. The fourth-order valence-corrected chi connectivity index (χ4v) is 5.17. The number of anilines is 2. The van der Waals surface area contributed by atoms with Crippen molar-refractivity contribution in [3.63, 3.8) is 0 Å². The van der Waals surface area contributed by atoms with Crippen LogP contribution in [0, 0.1) is 0 Å². The molecule has 0 saturated carbocycles. The molecule has 0 amide bonds. The Morgan fingerprint density at radius 2 is 1.82 bits per heavy atom. The van der Waals surface area contributed by atoms with Gasteiger partial charge in [-0.2, -0.15) is 9.50 Å². The van der Waals surface area contributed by atoms with Gasteiger partial charge >= 0.3 is 5.97 Å².